The van der Waals surface area contributed by atoms with Gasteiger partial charge in [-0.05, 0) is 37.5 Å². The van der Waals surface area contributed by atoms with Crippen molar-refractivity contribution in [3.63, 3.8) is 0 Å². The SMILES string of the molecule is CC(=O)CCCCOCc1cccc(C(F)(F)F)c1. The third-order valence-electron chi connectivity index (χ3n) is 2.59. The molecule has 0 saturated carbocycles. The van der Waals surface area contributed by atoms with Crippen molar-refractivity contribution in [2.75, 3.05) is 6.61 Å². The minimum atomic E-state index is -4.32. The first-order valence-electron chi connectivity index (χ1n) is 6.13. The first-order chi connectivity index (χ1) is 8.89. The van der Waals surface area contributed by atoms with Crippen LogP contribution in [0.5, 0.6) is 0 Å². The van der Waals surface area contributed by atoms with E-state index in [0.717, 1.165) is 25.0 Å². The Morgan fingerprint density at radius 3 is 2.63 bits per heavy atom. The van der Waals surface area contributed by atoms with Crippen LogP contribution in [0.15, 0.2) is 24.3 Å². The monoisotopic (exact) mass is 274 g/mol. The normalized spacial score (nSPS) is 11.6. The molecule has 2 nitrogen and oxygen atoms in total. The minimum Gasteiger partial charge on any atom is -0.377 e. The maximum atomic E-state index is 12.5. The van der Waals surface area contributed by atoms with Gasteiger partial charge in [0.2, 0.25) is 0 Å². The maximum Gasteiger partial charge on any atom is 0.416 e. The largest absolute Gasteiger partial charge is 0.416 e. The fourth-order valence-electron chi connectivity index (χ4n) is 1.61. The fraction of sp³-hybridized carbons (Fsp3) is 0.500. The Balaban J connectivity index is 2.32. The van der Waals surface area contributed by atoms with Gasteiger partial charge < -0.3 is 9.53 Å². The molecule has 0 aliphatic carbocycles. The molecule has 0 saturated heterocycles. The van der Waals surface area contributed by atoms with Crippen molar-refractivity contribution in [1.82, 2.24) is 0 Å². The van der Waals surface area contributed by atoms with Gasteiger partial charge in [0, 0.05) is 13.0 Å². The average Bonchev–Trinajstić information content (AvgIpc) is 2.32. The summed E-state index contributed by atoms with van der Waals surface area (Å²) in [6.45, 7) is 2.14. The zero-order chi connectivity index (χ0) is 14.3. The van der Waals surface area contributed by atoms with E-state index in [-0.39, 0.29) is 12.4 Å². The number of carbonyl (C=O) groups is 1. The van der Waals surface area contributed by atoms with E-state index in [9.17, 15) is 18.0 Å². The van der Waals surface area contributed by atoms with E-state index in [1.807, 2.05) is 0 Å². The first-order valence-corrected chi connectivity index (χ1v) is 6.13. The summed E-state index contributed by atoms with van der Waals surface area (Å²) in [7, 11) is 0. The maximum absolute atomic E-state index is 12.5. The lowest BCUT2D eigenvalue weighted by molar-refractivity contribution is -0.137. The van der Waals surface area contributed by atoms with Gasteiger partial charge in [-0.1, -0.05) is 12.1 Å². The molecule has 1 aromatic carbocycles. The lowest BCUT2D eigenvalue weighted by Crippen LogP contribution is -2.05. The zero-order valence-corrected chi connectivity index (χ0v) is 10.8. The van der Waals surface area contributed by atoms with Crippen molar-refractivity contribution in [2.45, 2.75) is 39.0 Å². The van der Waals surface area contributed by atoms with Gasteiger partial charge in [-0.2, -0.15) is 13.2 Å². The quantitative estimate of drug-likeness (QED) is 0.703. The lowest BCUT2D eigenvalue weighted by Gasteiger charge is -2.09. The molecular weight excluding hydrogens is 257 g/mol. The molecule has 0 radical (unpaired) electrons. The number of unbranched alkanes of at least 4 members (excludes halogenated alkanes) is 1. The Bertz CT molecular complexity index is 413. The van der Waals surface area contributed by atoms with Crippen LogP contribution < -0.4 is 0 Å². The van der Waals surface area contributed by atoms with Crippen molar-refractivity contribution >= 4 is 5.78 Å². The van der Waals surface area contributed by atoms with Crippen molar-refractivity contribution in [3.8, 4) is 0 Å². The van der Waals surface area contributed by atoms with Crippen LogP contribution in [0, 0.1) is 0 Å². The minimum absolute atomic E-state index is 0.137. The number of benzene rings is 1. The number of alkyl halides is 3. The summed E-state index contributed by atoms with van der Waals surface area (Å²) in [5.41, 5.74) is -0.161. The van der Waals surface area contributed by atoms with Gasteiger partial charge in [-0.3, -0.25) is 0 Å². The number of ether oxygens (including phenoxy) is 1. The van der Waals surface area contributed by atoms with Crippen molar-refractivity contribution in [1.29, 1.82) is 0 Å². The molecular formula is C14H17F3O2. The van der Waals surface area contributed by atoms with E-state index in [1.165, 1.54) is 13.0 Å². The van der Waals surface area contributed by atoms with Crippen LogP contribution in [0.1, 0.15) is 37.3 Å². The van der Waals surface area contributed by atoms with Crippen LogP contribution in [-0.2, 0) is 22.3 Å². The van der Waals surface area contributed by atoms with Crippen LogP contribution in [0.2, 0.25) is 0 Å². The van der Waals surface area contributed by atoms with E-state index in [2.05, 4.69) is 0 Å². The Morgan fingerprint density at radius 1 is 1.26 bits per heavy atom. The molecule has 0 bridgehead atoms. The summed E-state index contributed by atoms with van der Waals surface area (Å²) in [6, 6.07) is 5.11. The molecule has 0 amide bonds. The van der Waals surface area contributed by atoms with Gasteiger partial charge in [0.1, 0.15) is 5.78 Å². The van der Waals surface area contributed by atoms with E-state index < -0.39 is 11.7 Å². The molecule has 0 fully saturated rings. The summed E-state index contributed by atoms with van der Waals surface area (Å²) >= 11 is 0. The number of carbonyl (C=O) groups excluding carboxylic acids is 1. The van der Waals surface area contributed by atoms with Gasteiger partial charge in [0.15, 0.2) is 0 Å². The van der Waals surface area contributed by atoms with E-state index in [1.54, 1.807) is 6.07 Å². The fourth-order valence-corrected chi connectivity index (χ4v) is 1.61. The highest BCUT2D eigenvalue weighted by Gasteiger charge is 2.30. The first kappa shape index (κ1) is 15.7. The van der Waals surface area contributed by atoms with E-state index >= 15 is 0 Å². The second-order valence-electron chi connectivity index (χ2n) is 4.41. The molecule has 19 heavy (non-hydrogen) atoms. The Labute approximate surface area is 110 Å². The summed E-state index contributed by atoms with van der Waals surface area (Å²) in [4.78, 5) is 10.7. The summed E-state index contributed by atoms with van der Waals surface area (Å²) in [5.74, 6) is 0.137. The smallest absolute Gasteiger partial charge is 0.377 e. The molecule has 0 unspecified atom stereocenters. The highest BCUT2D eigenvalue weighted by Crippen LogP contribution is 2.29. The van der Waals surface area contributed by atoms with Crippen LogP contribution in [0.3, 0.4) is 0 Å². The molecule has 1 aromatic rings. The van der Waals surface area contributed by atoms with Gasteiger partial charge in [0.25, 0.3) is 0 Å². The molecule has 0 aliphatic rings. The Kier molecular flexibility index (Phi) is 6.02. The third-order valence-corrected chi connectivity index (χ3v) is 2.59. The zero-order valence-electron chi connectivity index (χ0n) is 10.8. The molecule has 0 heterocycles. The number of ketones is 1. The third kappa shape index (κ3) is 6.38. The summed E-state index contributed by atoms with van der Waals surface area (Å²) in [5, 5.41) is 0. The van der Waals surface area contributed by atoms with Gasteiger partial charge in [-0.15, -0.1) is 0 Å². The number of rotatable bonds is 7. The highest BCUT2D eigenvalue weighted by molar-refractivity contribution is 5.75. The van der Waals surface area contributed by atoms with Crippen molar-refractivity contribution < 1.29 is 22.7 Å². The molecule has 0 aromatic heterocycles. The van der Waals surface area contributed by atoms with Gasteiger partial charge in [0.05, 0.1) is 12.2 Å². The lowest BCUT2D eigenvalue weighted by atomic mass is 10.1. The average molecular weight is 274 g/mol. The molecule has 106 valence electrons. The molecule has 0 N–H and O–H groups in total. The Morgan fingerprint density at radius 2 is 2.00 bits per heavy atom. The van der Waals surface area contributed by atoms with E-state index in [4.69, 9.17) is 4.74 Å². The molecule has 1 rings (SSSR count). The number of halogens is 3. The van der Waals surface area contributed by atoms with Crippen molar-refractivity contribution in [2.24, 2.45) is 0 Å². The van der Waals surface area contributed by atoms with Crippen LogP contribution >= 0.6 is 0 Å². The standard InChI is InChI=1S/C14H17F3O2/c1-11(18)5-2-3-8-19-10-12-6-4-7-13(9-12)14(15,16)17/h4,6-7,9H,2-3,5,8,10H2,1H3. The second kappa shape index (κ2) is 7.28. The number of hydrogen-bond acceptors (Lipinski definition) is 2. The second-order valence-corrected chi connectivity index (χ2v) is 4.41. The molecule has 0 atom stereocenters. The van der Waals surface area contributed by atoms with Crippen molar-refractivity contribution in [3.05, 3.63) is 35.4 Å². The summed E-state index contributed by atoms with van der Waals surface area (Å²) in [6.07, 6.45) is -2.32. The molecule has 0 spiro atoms. The van der Waals surface area contributed by atoms with Crippen LogP contribution in [-0.4, -0.2) is 12.4 Å². The van der Waals surface area contributed by atoms with E-state index in [0.29, 0.717) is 18.6 Å². The number of Topliss-reactive ketones (excluding diaryl/α,β-unsaturated/α-hetero) is 1. The Hall–Kier alpha value is -1.36. The topological polar surface area (TPSA) is 26.3 Å². The number of hydrogen-bond donors (Lipinski definition) is 0. The molecule has 5 heteroatoms. The van der Waals surface area contributed by atoms with Gasteiger partial charge >= 0.3 is 6.18 Å². The highest BCUT2D eigenvalue weighted by atomic mass is 19.4. The summed E-state index contributed by atoms with van der Waals surface area (Å²) < 4.78 is 42.7. The van der Waals surface area contributed by atoms with Gasteiger partial charge in [-0.25, -0.2) is 0 Å². The molecule has 0 aliphatic heterocycles. The van der Waals surface area contributed by atoms with Crippen LogP contribution in [0.4, 0.5) is 13.2 Å². The predicted octanol–water partition coefficient (Wildman–Crippen LogP) is 3.98. The predicted molar refractivity (Wildman–Crippen MR) is 65.6 cm³/mol. The van der Waals surface area contributed by atoms with Crippen LogP contribution in [0.25, 0.3) is 0 Å².